The van der Waals surface area contributed by atoms with Crippen LogP contribution in [0.1, 0.15) is 31.2 Å². The van der Waals surface area contributed by atoms with Gasteiger partial charge in [0.15, 0.2) is 0 Å². The average molecular weight is 337 g/mol. The van der Waals surface area contributed by atoms with Gasteiger partial charge in [-0.1, -0.05) is 28.1 Å². The Morgan fingerprint density at radius 1 is 1.20 bits per heavy atom. The summed E-state index contributed by atoms with van der Waals surface area (Å²) < 4.78 is 1.05. The maximum Gasteiger partial charge on any atom is 0.224 e. The molecule has 2 fully saturated rings. The molecule has 3 rings (SSSR count). The molecule has 2 bridgehead atoms. The van der Waals surface area contributed by atoms with Crippen LogP contribution in [0.2, 0.25) is 0 Å². The molecule has 2 atom stereocenters. The smallest absolute Gasteiger partial charge is 0.224 e. The van der Waals surface area contributed by atoms with Gasteiger partial charge in [0.25, 0.3) is 0 Å². The Balaban J connectivity index is 1.44. The van der Waals surface area contributed by atoms with Gasteiger partial charge in [0.2, 0.25) is 5.91 Å². The van der Waals surface area contributed by atoms with Gasteiger partial charge in [-0.3, -0.25) is 4.79 Å². The van der Waals surface area contributed by atoms with Crippen molar-refractivity contribution in [2.24, 2.45) is 5.92 Å². The number of piperidine rings is 1. The predicted octanol–water partition coefficient (Wildman–Crippen LogP) is 2.64. The van der Waals surface area contributed by atoms with Crippen LogP contribution in [0.25, 0.3) is 0 Å². The normalized spacial score (nSPS) is 28.4. The van der Waals surface area contributed by atoms with Crippen molar-refractivity contribution in [1.29, 1.82) is 0 Å². The SMILES string of the molecule is O=C(Cc1ccc(Br)cc1)NCC1CC2CCC(C1)N2. The third kappa shape index (κ3) is 3.61. The van der Waals surface area contributed by atoms with Crippen LogP contribution in [-0.2, 0) is 11.2 Å². The number of carbonyl (C=O) groups is 1. The van der Waals surface area contributed by atoms with Crippen molar-refractivity contribution < 1.29 is 4.79 Å². The van der Waals surface area contributed by atoms with E-state index in [9.17, 15) is 4.79 Å². The molecule has 4 heteroatoms. The van der Waals surface area contributed by atoms with E-state index in [1.54, 1.807) is 0 Å². The van der Waals surface area contributed by atoms with E-state index in [4.69, 9.17) is 0 Å². The van der Waals surface area contributed by atoms with Crippen LogP contribution in [0, 0.1) is 5.92 Å². The number of hydrogen-bond acceptors (Lipinski definition) is 2. The van der Waals surface area contributed by atoms with E-state index in [0.29, 0.717) is 24.4 Å². The highest BCUT2D eigenvalue weighted by atomic mass is 79.9. The van der Waals surface area contributed by atoms with E-state index in [1.165, 1.54) is 25.7 Å². The summed E-state index contributed by atoms with van der Waals surface area (Å²) in [5.41, 5.74) is 1.07. The number of benzene rings is 1. The molecule has 2 N–H and O–H groups in total. The van der Waals surface area contributed by atoms with Crippen LogP contribution in [0.3, 0.4) is 0 Å². The van der Waals surface area contributed by atoms with Gasteiger partial charge < -0.3 is 10.6 Å². The highest BCUT2D eigenvalue weighted by Gasteiger charge is 2.33. The molecule has 2 aliphatic heterocycles. The Labute approximate surface area is 128 Å². The summed E-state index contributed by atoms with van der Waals surface area (Å²) in [5, 5.41) is 6.74. The third-order valence-electron chi connectivity index (χ3n) is 4.44. The Morgan fingerprint density at radius 2 is 1.85 bits per heavy atom. The van der Waals surface area contributed by atoms with Gasteiger partial charge in [-0.25, -0.2) is 0 Å². The number of amides is 1. The molecule has 3 nitrogen and oxygen atoms in total. The molecule has 0 aliphatic carbocycles. The number of rotatable bonds is 4. The van der Waals surface area contributed by atoms with Crippen molar-refractivity contribution in [2.75, 3.05) is 6.54 Å². The highest BCUT2D eigenvalue weighted by Crippen LogP contribution is 2.30. The maximum atomic E-state index is 12.0. The molecule has 1 aromatic carbocycles. The first-order chi connectivity index (χ1) is 9.69. The minimum atomic E-state index is 0.137. The molecule has 108 valence electrons. The lowest BCUT2D eigenvalue weighted by Gasteiger charge is -2.29. The molecule has 20 heavy (non-hydrogen) atoms. The molecule has 2 aliphatic rings. The largest absolute Gasteiger partial charge is 0.356 e. The molecule has 2 saturated heterocycles. The Hall–Kier alpha value is -0.870. The van der Waals surface area contributed by atoms with Crippen molar-refractivity contribution in [3.05, 3.63) is 34.3 Å². The molecule has 0 aromatic heterocycles. The van der Waals surface area contributed by atoms with Gasteiger partial charge in [-0.15, -0.1) is 0 Å². The fourth-order valence-corrected chi connectivity index (χ4v) is 3.71. The maximum absolute atomic E-state index is 12.0. The van der Waals surface area contributed by atoms with Crippen LogP contribution < -0.4 is 10.6 Å². The van der Waals surface area contributed by atoms with E-state index >= 15 is 0 Å². The number of halogens is 1. The first-order valence-electron chi connectivity index (χ1n) is 7.46. The van der Waals surface area contributed by atoms with E-state index < -0.39 is 0 Å². The molecule has 2 unspecified atom stereocenters. The monoisotopic (exact) mass is 336 g/mol. The van der Waals surface area contributed by atoms with Gasteiger partial charge in [-0.05, 0) is 49.3 Å². The molecule has 0 saturated carbocycles. The van der Waals surface area contributed by atoms with Crippen LogP contribution in [-0.4, -0.2) is 24.5 Å². The summed E-state index contributed by atoms with van der Waals surface area (Å²) in [6, 6.07) is 9.34. The van der Waals surface area contributed by atoms with Crippen molar-refractivity contribution >= 4 is 21.8 Å². The fourth-order valence-electron chi connectivity index (χ4n) is 3.45. The second-order valence-corrected chi connectivity index (χ2v) is 7.00. The lowest BCUT2D eigenvalue weighted by Crippen LogP contribution is -2.42. The van der Waals surface area contributed by atoms with Crippen molar-refractivity contribution in [3.63, 3.8) is 0 Å². The molecule has 0 radical (unpaired) electrons. The second-order valence-electron chi connectivity index (χ2n) is 6.08. The van der Waals surface area contributed by atoms with Crippen LogP contribution in [0.15, 0.2) is 28.7 Å². The first kappa shape index (κ1) is 14.1. The molecule has 1 aromatic rings. The van der Waals surface area contributed by atoms with E-state index in [1.807, 2.05) is 24.3 Å². The van der Waals surface area contributed by atoms with Crippen LogP contribution in [0.4, 0.5) is 0 Å². The summed E-state index contributed by atoms with van der Waals surface area (Å²) in [6.45, 7) is 0.837. The Morgan fingerprint density at radius 3 is 2.50 bits per heavy atom. The molecule has 1 amide bonds. The zero-order valence-electron chi connectivity index (χ0n) is 11.6. The van der Waals surface area contributed by atoms with E-state index in [0.717, 1.165) is 16.6 Å². The van der Waals surface area contributed by atoms with Crippen molar-refractivity contribution in [3.8, 4) is 0 Å². The summed E-state index contributed by atoms with van der Waals surface area (Å²) in [5.74, 6) is 0.792. The molecular formula is C16H21BrN2O. The van der Waals surface area contributed by atoms with Gasteiger partial charge in [0.1, 0.15) is 0 Å². The summed E-state index contributed by atoms with van der Waals surface area (Å²) >= 11 is 3.41. The second kappa shape index (κ2) is 6.27. The molecule has 2 heterocycles. The number of hydrogen-bond donors (Lipinski definition) is 2. The number of carbonyl (C=O) groups excluding carboxylic acids is 1. The van der Waals surface area contributed by atoms with Gasteiger partial charge in [0.05, 0.1) is 6.42 Å². The minimum absolute atomic E-state index is 0.137. The van der Waals surface area contributed by atoms with Crippen LogP contribution >= 0.6 is 15.9 Å². The minimum Gasteiger partial charge on any atom is -0.356 e. The zero-order valence-corrected chi connectivity index (χ0v) is 13.2. The fraction of sp³-hybridized carbons (Fsp3) is 0.562. The Bertz CT molecular complexity index is 462. The topological polar surface area (TPSA) is 41.1 Å². The summed E-state index contributed by atoms with van der Waals surface area (Å²) in [6.07, 6.45) is 5.54. The van der Waals surface area contributed by atoms with Crippen molar-refractivity contribution in [2.45, 2.75) is 44.2 Å². The van der Waals surface area contributed by atoms with Gasteiger partial charge in [0, 0.05) is 23.1 Å². The van der Waals surface area contributed by atoms with Gasteiger partial charge in [-0.2, -0.15) is 0 Å². The van der Waals surface area contributed by atoms with E-state index in [-0.39, 0.29) is 5.91 Å². The van der Waals surface area contributed by atoms with Crippen molar-refractivity contribution in [1.82, 2.24) is 10.6 Å². The van der Waals surface area contributed by atoms with E-state index in [2.05, 4.69) is 26.6 Å². The first-order valence-corrected chi connectivity index (χ1v) is 8.25. The van der Waals surface area contributed by atoms with Crippen LogP contribution in [0.5, 0.6) is 0 Å². The lowest BCUT2D eigenvalue weighted by molar-refractivity contribution is -0.120. The predicted molar refractivity (Wildman–Crippen MR) is 83.5 cm³/mol. The lowest BCUT2D eigenvalue weighted by atomic mass is 9.92. The molecular weight excluding hydrogens is 316 g/mol. The number of fused-ring (bicyclic) bond motifs is 2. The average Bonchev–Trinajstić information content (AvgIpc) is 2.78. The summed E-state index contributed by atoms with van der Waals surface area (Å²) in [4.78, 5) is 12.0. The zero-order chi connectivity index (χ0) is 13.9. The summed E-state index contributed by atoms with van der Waals surface area (Å²) in [7, 11) is 0. The van der Waals surface area contributed by atoms with Gasteiger partial charge >= 0.3 is 0 Å². The quantitative estimate of drug-likeness (QED) is 0.887. The Kier molecular flexibility index (Phi) is 4.41. The highest BCUT2D eigenvalue weighted by molar-refractivity contribution is 9.10. The molecule has 0 spiro atoms. The standard InChI is InChI=1S/C16H21BrN2O/c17-13-3-1-11(2-4-13)9-16(20)18-10-12-7-14-5-6-15(8-12)19-14/h1-4,12,14-15,19H,5-10H2,(H,18,20). The third-order valence-corrected chi connectivity index (χ3v) is 4.97. The number of nitrogens with one attached hydrogen (secondary N) is 2.